The van der Waals surface area contributed by atoms with Gasteiger partial charge in [0.1, 0.15) is 4.90 Å². The van der Waals surface area contributed by atoms with Gasteiger partial charge in [0.25, 0.3) is 5.69 Å². The van der Waals surface area contributed by atoms with E-state index in [1.54, 1.807) is 66.7 Å². The third-order valence-electron chi connectivity index (χ3n) is 5.75. The molecule has 0 spiro atoms. The topological polar surface area (TPSA) is 126 Å². The van der Waals surface area contributed by atoms with E-state index in [9.17, 15) is 23.3 Å². The van der Waals surface area contributed by atoms with Gasteiger partial charge >= 0.3 is 15.2 Å². The zero-order valence-corrected chi connectivity index (χ0v) is 21.4. The van der Waals surface area contributed by atoms with Gasteiger partial charge in [0.05, 0.1) is 10.7 Å². The van der Waals surface area contributed by atoms with Crippen LogP contribution >= 0.6 is 11.8 Å². The lowest BCUT2D eigenvalue weighted by Crippen LogP contribution is -2.44. The number of fused-ring (bicyclic) bond motifs is 1. The van der Waals surface area contributed by atoms with E-state index >= 15 is 0 Å². The first kappa shape index (κ1) is 25.2. The predicted octanol–water partition coefficient (Wildman–Crippen LogP) is 5.00. The van der Waals surface area contributed by atoms with Crippen LogP contribution in [0.25, 0.3) is 22.2 Å². The average Bonchev–Trinajstić information content (AvgIpc) is 3.32. The van der Waals surface area contributed by atoms with Gasteiger partial charge in [0, 0.05) is 17.8 Å². The fourth-order valence-corrected chi connectivity index (χ4v) is 6.50. The number of anilines is 1. The fraction of sp³-hybridized carbons (Fsp3) is 0.0370. The van der Waals surface area contributed by atoms with Crippen LogP contribution in [0.3, 0.4) is 0 Å². The van der Waals surface area contributed by atoms with Crippen LogP contribution in [0.15, 0.2) is 113 Å². The number of carbonyl (C=O) groups excluding carboxylic acids is 1. The van der Waals surface area contributed by atoms with Crippen molar-refractivity contribution in [3.63, 3.8) is 0 Å². The van der Waals surface area contributed by atoms with Crippen LogP contribution in [0.1, 0.15) is 0 Å². The van der Waals surface area contributed by atoms with Gasteiger partial charge in [-0.3, -0.25) is 14.9 Å². The van der Waals surface area contributed by atoms with Crippen LogP contribution in [0.5, 0.6) is 0 Å². The molecule has 9 nitrogen and oxygen atoms in total. The maximum atomic E-state index is 13.5. The van der Waals surface area contributed by atoms with Gasteiger partial charge in [-0.05, 0) is 71.4 Å². The summed E-state index contributed by atoms with van der Waals surface area (Å²) in [6, 6.07) is 28.5. The number of nitro benzene ring substituents is 1. The molecule has 0 radical (unpaired) electrons. The Hall–Kier alpha value is -4.48. The number of non-ortho nitro benzene ring substituents is 1. The van der Waals surface area contributed by atoms with Crippen LogP contribution in [0.2, 0.25) is 0 Å². The van der Waals surface area contributed by atoms with Crippen LogP contribution in [-0.2, 0) is 14.8 Å². The van der Waals surface area contributed by atoms with Gasteiger partial charge in [-0.15, -0.1) is 3.97 Å². The number of benzene rings is 4. The molecule has 1 aromatic heterocycles. The summed E-state index contributed by atoms with van der Waals surface area (Å²) in [4.78, 5) is 26.4. The van der Waals surface area contributed by atoms with Crippen LogP contribution in [-0.4, -0.2) is 30.0 Å². The highest BCUT2D eigenvalue weighted by Gasteiger charge is 2.31. The number of H-pyrrole nitrogens is 1. The Kier molecular flexibility index (Phi) is 6.95. The van der Waals surface area contributed by atoms with Gasteiger partial charge in [-0.2, -0.15) is 8.42 Å². The smallest absolute Gasteiger partial charge is 0.325 e. The van der Waals surface area contributed by atoms with E-state index in [0.29, 0.717) is 21.9 Å². The Morgan fingerprint density at radius 2 is 1.47 bits per heavy atom. The molecule has 0 bridgehead atoms. The molecular formula is C27H21N4O5S2+. The van der Waals surface area contributed by atoms with E-state index in [1.165, 1.54) is 28.2 Å². The third kappa shape index (κ3) is 5.15. The van der Waals surface area contributed by atoms with E-state index in [-0.39, 0.29) is 22.2 Å². The van der Waals surface area contributed by atoms with Gasteiger partial charge < -0.3 is 5.32 Å². The molecular weight excluding hydrogens is 524 g/mol. The number of hydrogen-bond donors (Lipinski definition) is 2. The second kappa shape index (κ2) is 10.5. The Morgan fingerprint density at radius 3 is 2.13 bits per heavy atom. The van der Waals surface area contributed by atoms with Crippen molar-refractivity contribution in [1.29, 1.82) is 0 Å². The summed E-state index contributed by atoms with van der Waals surface area (Å²) >= 11 is 1.09. The van der Waals surface area contributed by atoms with E-state index in [4.69, 9.17) is 0 Å². The van der Waals surface area contributed by atoms with Crippen molar-refractivity contribution in [2.75, 3.05) is 11.1 Å². The number of rotatable bonds is 8. The van der Waals surface area contributed by atoms with Crippen molar-refractivity contribution in [3.8, 4) is 11.1 Å². The highest BCUT2D eigenvalue weighted by atomic mass is 32.2. The van der Waals surface area contributed by atoms with Crippen molar-refractivity contribution >= 4 is 50.1 Å². The molecule has 38 heavy (non-hydrogen) atoms. The number of para-hydroxylation sites is 2. The van der Waals surface area contributed by atoms with Crippen molar-refractivity contribution in [1.82, 2.24) is 4.98 Å². The fourth-order valence-electron chi connectivity index (χ4n) is 3.92. The molecule has 0 unspecified atom stereocenters. The number of nitrogens with one attached hydrogen (secondary N) is 2. The first-order chi connectivity index (χ1) is 18.3. The third-order valence-corrected chi connectivity index (χ3v) is 8.56. The van der Waals surface area contributed by atoms with E-state index in [2.05, 4.69) is 10.3 Å². The summed E-state index contributed by atoms with van der Waals surface area (Å²) in [6.45, 7) is 0. The predicted molar refractivity (Wildman–Crippen MR) is 145 cm³/mol. The number of amides is 1. The number of imidazole rings is 1. The van der Waals surface area contributed by atoms with E-state index in [1.807, 2.05) is 12.1 Å². The van der Waals surface area contributed by atoms with Gasteiger partial charge in [0.15, 0.2) is 11.0 Å². The average molecular weight is 546 g/mol. The molecule has 0 saturated carbocycles. The monoisotopic (exact) mass is 545 g/mol. The quantitative estimate of drug-likeness (QED) is 0.122. The maximum Gasteiger partial charge on any atom is 0.336 e. The molecule has 0 aliphatic carbocycles. The molecule has 5 rings (SSSR count). The first-order valence-corrected chi connectivity index (χ1v) is 13.9. The Morgan fingerprint density at radius 1 is 0.868 bits per heavy atom. The number of aromatic nitrogens is 2. The highest BCUT2D eigenvalue weighted by Crippen LogP contribution is 2.25. The minimum absolute atomic E-state index is 0.0167. The Balaban J connectivity index is 1.31. The number of carbonyl (C=O) groups is 1. The molecule has 2 N–H and O–H groups in total. The Labute approximate surface area is 222 Å². The van der Waals surface area contributed by atoms with Gasteiger partial charge in [0.2, 0.25) is 5.91 Å². The number of thioether (sulfide) groups is 1. The lowest BCUT2D eigenvalue weighted by molar-refractivity contribution is -0.526. The van der Waals surface area contributed by atoms with Crippen molar-refractivity contribution in [2.24, 2.45) is 0 Å². The molecule has 0 atom stereocenters. The lowest BCUT2D eigenvalue weighted by atomic mass is 10.1. The SMILES string of the molecule is O=C(CSc1[nH]c2ccccc2[n+]1S(=O)(=O)c1ccccc1)Nc1ccc(-c2ccc([N+](=O)[O-])cc2)cc1. The van der Waals surface area contributed by atoms with Crippen molar-refractivity contribution in [2.45, 2.75) is 10.1 Å². The van der Waals surface area contributed by atoms with Gasteiger partial charge in [-0.1, -0.05) is 42.5 Å². The van der Waals surface area contributed by atoms with Crippen molar-refractivity contribution in [3.05, 3.63) is 113 Å². The van der Waals surface area contributed by atoms with Gasteiger partial charge in [-0.25, -0.2) is 4.98 Å². The summed E-state index contributed by atoms with van der Waals surface area (Å²) in [5.41, 5.74) is 3.37. The summed E-state index contributed by atoms with van der Waals surface area (Å²) in [5, 5.41) is 14.0. The largest absolute Gasteiger partial charge is 0.336 e. The molecule has 4 aromatic carbocycles. The van der Waals surface area contributed by atoms with E-state index in [0.717, 1.165) is 22.9 Å². The number of hydrogen-bond acceptors (Lipinski definition) is 6. The molecule has 190 valence electrons. The molecule has 0 aliphatic rings. The standard InChI is InChI=1S/C27H20N4O5S2/c32-26(28-21-14-10-19(11-15-21)20-12-16-22(17-13-20)31(33)34)18-37-27-29-24-8-4-5-9-25(24)30(27)38(35,36)23-6-2-1-3-7-23/h1-17H,18H2,(H,28,32)/p+1. The Bertz CT molecular complexity index is 1730. The highest BCUT2D eigenvalue weighted by molar-refractivity contribution is 8.00. The minimum Gasteiger partial charge on any atom is -0.325 e. The number of nitrogens with zero attached hydrogens (tertiary/aromatic N) is 2. The maximum absolute atomic E-state index is 13.5. The normalized spacial score (nSPS) is 11.4. The molecule has 11 heteroatoms. The summed E-state index contributed by atoms with van der Waals surface area (Å²) in [5.74, 6) is -0.332. The molecule has 1 amide bonds. The zero-order valence-electron chi connectivity index (χ0n) is 19.8. The molecule has 0 saturated heterocycles. The minimum atomic E-state index is -3.90. The van der Waals surface area contributed by atoms with Crippen molar-refractivity contribution < 1.29 is 22.1 Å². The second-order valence-electron chi connectivity index (χ2n) is 8.25. The number of aromatic amines is 1. The molecule has 5 aromatic rings. The van der Waals surface area contributed by atoms with E-state index < -0.39 is 14.9 Å². The first-order valence-electron chi connectivity index (χ1n) is 11.4. The molecule has 0 fully saturated rings. The number of nitro groups is 1. The molecule has 1 heterocycles. The zero-order chi connectivity index (χ0) is 26.7. The van der Waals surface area contributed by atoms with Crippen LogP contribution in [0.4, 0.5) is 11.4 Å². The lowest BCUT2D eigenvalue weighted by Gasteiger charge is -2.07. The summed E-state index contributed by atoms with van der Waals surface area (Å²) < 4.78 is 28.2. The van der Waals surface area contributed by atoms with Crippen LogP contribution in [0, 0.1) is 10.1 Å². The van der Waals surface area contributed by atoms with Crippen LogP contribution < -0.4 is 9.29 Å². The summed E-state index contributed by atoms with van der Waals surface area (Å²) in [7, 11) is -3.90. The summed E-state index contributed by atoms with van der Waals surface area (Å²) in [6.07, 6.45) is 0. The second-order valence-corrected chi connectivity index (χ2v) is 11.0. The molecule has 0 aliphatic heterocycles.